The molecule has 0 nitrogen and oxygen atoms in total. The zero-order valence-electron chi connectivity index (χ0n) is 11.2. The summed E-state index contributed by atoms with van der Waals surface area (Å²) >= 11 is 0. The average Bonchev–Trinajstić information content (AvgIpc) is 2.35. The van der Waals surface area contributed by atoms with Crippen LogP contribution in [0.25, 0.3) is 0 Å². The van der Waals surface area contributed by atoms with Crippen LogP contribution in [0.2, 0.25) is 0 Å². The normalized spacial score (nSPS) is 11.9. The van der Waals surface area contributed by atoms with Gasteiger partial charge in [0.1, 0.15) is 0 Å². The standard InChI is InChI=1S/C14H26S3/c1-3-5-7-9-11-13-15-17-16-14-12-10-8-6-4-2/h11-14H,3-10H2,1-2H3/b13-11+,14-12+. The summed E-state index contributed by atoms with van der Waals surface area (Å²) in [6.07, 6.45) is 15.1. The topological polar surface area (TPSA) is 0 Å². The summed E-state index contributed by atoms with van der Waals surface area (Å²) in [5.41, 5.74) is 0. The van der Waals surface area contributed by atoms with Crippen LogP contribution in [0.15, 0.2) is 23.0 Å². The molecule has 0 fully saturated rings. The quantitative estimate of drug-likeness (QED) is 0.275. The highest BCUT2D eigenvalue weighted by Gasteiger charge is 1.85. The minimum Gasteiger partial charge on any atom is -0.0773 e. The van der Waals surface area contributed by atoms with Crippen LogP contribution >= 0.6 is 31.4 Å². The van der Waals surface area contributed by atoms with Crippen molar-refractivity contribution in [1.29, 1.82) is 0 Å². The Bertz CT molecular complexity index is 168. The van der Waals surface area contributed by atoms with Crippen molar-refractivity contribution in [2.45, 2.75) is 65.2 Å². The first-order valence-corrected chi connectivity index (χ1v) is 10.3. The van der Waals surface area contributed by atoms with E-state index >= 15 is 0 Å². The lowest BCUT2D eigenvalue weighted by molar-refractivity contribution is 0.729. The third-order valence-electron chi connectivity index (χ3n) is 2.33. The Labute approximate surface area is 119 Å². The highest BCUT2D eigenvalue weighted by Crippen LogP contribution is 2.36. The minimum absolute atomic E-state index is 1.24. The third kappa shape index (κ3) is 16.5. The molecule has 0 aliphatic rings. The number of unbranched alkanes of at least 4 members (excludes halogenated alkanes) is 6. The molecule has 17 heavy (non-hydrogen) atoms. The molecule has 0 unspecified atom stereocenters. The highest BCUT2D eigenvalue weighted by atomic mass is 33.5. The highest BCUT2D eigenvalue weighted by molar-refractivity contribution is 9.10. The van der Waals surface area contributed by atoms with E-state index in [9.17, 15) is 0 Å². The van der Waals surface area contributed by atoms with Crippen molar-refractivity contribution in [3.63, 3.8) is 0 Å². The molecule has 0 aliphatic carbocycles. The summed E-state index contributed by atoms with van der Waals surface area (Å²) in [7, 11) is 5.50. The first-order valence-electron chi connectivity index (χ1n) is 6.70. The molecule has 0 amide bonds. The molecule has 0 atom stereocenters. The summed E-state index contributed by atoms with van der Waals surface area (Å²) in [5.74, 6) is 0. The van der Waals surface area contributed by atoms with Crippen LogP contribution in [0.5, 0.6) is 0 Å². The lowest BCUT2D eigenvalue weighted by Crippen LogP contribution is -1.69. The van der Waals surface area contributed by atoms with Crippen molar-refractivity contribution in [2.75, 3.05) is 0 Å². The number of rotatable bonds is 12. The summed E-state index contributed by atoms with van der Waals surface area (Å²) in [6.45, 7) is 4.50. The van der Waals surface area contributed by atoms with Crippen LogP contribution in [-0.2, 0) is 0 Å². The molecular formula is C14H26S3. The van der Waals surface area contributed by atoms with Gasteiger partial charge in [0.25, 0.3) is 0 Å². The predicted molar refractivity (Wildman–Crippen MR) is 89.3 cm³/mol. The molecule has 0 radical (unpaired) electrons. The first-order chi connectivity index (χ1) is 8.41. The Morgan fingerprint density at radius 2 is 1.18 bits per heavy atom. The Morgan fingerprint density at radius 3 is 1.59 bits per heavy atom. The van der Waals surface area contributed by atoms with Gasteiger partial charge < -0.3 is 0 Å². The molecule has 0 saturated carbocycles. The van der Waals surface area contributed by atoms with Gasteiger partial charge in [-0.15, -0.1) is 0 Å². The van der Waals surface area contributed by atoms with Crippen molar-refractivity contribution in [1.82, 2.24) is 0 Å². The SMILES string of the molecule is CCCCC/C=C/SSS/C=C/CCCCC. The Morgan fingerprint density at radius 1 is 0.706 bits per heavy atom. The van der Waals surface area contributed by atoms with Crippen LogP contribution in [0.3, 0.4) is 0 Å². The van der Waals surface area contributed by atoms with Crippen LogP contribution in [0.1, 0.15) is 65.2 Å². The third-order valence-corrected chi connectivity index (χ3v) is 5.65. The van der Waals surface area contributed by atoms with E-state index in [2.05, 4.69) is 36.8 Å². The lowest BCUT2D eigenvalue weighted by Gasteiger charge is -1.93. The van der Waals surface area contributed by atoms with Crippen molar-refractivity contribution in [2.24, 2.45) is 0 Å². The van der Waals surface area contributed by atoms with E-state index in [1.54, 1.807) is 0 Å². The molecule has 0 heterocycles. The van der Waals surface area contributed by atoms with Gasteiger partial charge in [0.15, 0.2) is 0 Å². The maximum Gasteiger partial charge on any atom is -0.0158 e. The average molecular weight is 291 g/mol. The zero-order chi connectivity index (χ0) is 12.6. The van der Waals surface area contributed by atoms with E-state index in [4.69, 9.17) is 0 Å². The molecule has 0 aromatic heterocycles. The lowest BCUT2D eigenvalue weighted by atomic mass is 10.2. The fraction of sp³-hybridized carbons (Fsp3) is 0.714. The second-order valence-corrected chi connectivity index (χ2v) is 7.85. The largest absolute Gasteiger partial charge is 0.0773 e. The Hall–Kier alpha value is 0.530. The minimum atomic E-state index is 1.24. The predicted octanol–water partition coefficient (Wildman–Crippen LogP) is 7.20. The fourth-order valence-electron chi connectivity index (χ4n) is 1.31. The van der Waals surface area contributed by atoms with Crippen LogP contribution in [0, 0.1) is 0 Å². The Balaban J connectivity index is 3.11. The summed E-state index contributed by atoms with van der Waals surface area (Å²) in [4.78, 5) is 0. The Kier molecular flexibility index (Phi) is 17.0. The monoisotopic (exact) mass is 290 g/mol. The van der Waals surface area contributed by atoms with Gasteiger partial charge in [-0.3, -0.25) is 0 Å². The molecule has 0 spiro atoms. The number of hydrogen-bond acceptors (Lipinski definition) is 3. The van der Waals surface area contributed by atoms with Crippen LogP contribution < -0.4 is 0 Å². The number of hydrogen-bond donors (Lipinski definition) is 0. The second-order valence-electron chi connectivity index (χ2n) is 4.00. The maximum atomic E-state index is 2.29. The van der Waals surface area contributed by atoms with Gasteiger partial charge in [0, 0.05) is 0 Å². The van der Waals surface area contributed by atoms with Crippen molar-refractivity contribution in [3.8, 4) is 0 Å². The molecule has 0 aromatic carbocycles. The molecule has 0 aromatic rings. The van der Waals surface area contributed by atoms with E-state index in [1.165, 1.54) is 51.4 Å². The van der Waals surface area contributed by atoms with E-state index in [0.29, 0.717) is 0 Å². The molecule has 3 heteroatoms. The molecule has 100 valence electrons. The molecular weight excluding hydrogens is 264 g/mol. The van der Waals surface area contributed by atoms with Gasteiger partial charge in [-0.05, 0) is 46.3 Å². The zero-order valence-corrected chi connectivity index (χ0v) is 13.6. The fourth-order valence-corrected chi connectivity index (χ4v) is 3.98. The van der Waals surface area contributed by atoms with Crippen LogP contribution in [0.4, 0.5) is 0 Å². The van der Waals surface area contributed by atoms with E-state index < -0.39 is 0 Å². The molecule has 0 N–H and O–H groups in total. The maximum absolute atomic E-state index is 2.29. The van der Waals surface area contributed by atoms with Gasteiger partial charge >= 0.3 is 0 Å². The van der Waals surface area contributed by atoms with Gasteiger partial charge in [-0.1, -0.05) is 73.3 Å². The summed E-state index contributed by atoms with van der Waals surface area (Å²) < 4.78 is 0. The molecule has 0 saturated heterocycles. The van der Waals surface area contributed by atoms with E-state index in [1.807, 2.05) is 31.4 Å². The van der Waals surface area contributed by atoms with E-state index in [-0.39, 0.29) is 0 Å². The molecule has 0 bridgehead atoms. The van der Waals surface area contributed by atoms with Crippen molar-refractivity contribution in [3.05, 3.63) is 23.0 Å². The molecule has 0 aliphatic heterocycles. The number of allylic oxidation sites excluding steroid dienone is 2. The smallest absolute Gasteiger partial charge is 0.0158 e. The van der Waals surface area contributed by atoms with Crippen molar-refractivity contribution >= 4 is 31.4 Å². The van der Waals surface area contributed by atoms with Crippen molar-refractivity contribution < 1.29 is 0 Å². The van der Waals surface area contributed by atoms with Gasteiger partial charge in [-0.25, -0.2) is 0 Å². The summed E-state index contributed by atoms with van der Waals surface area (Å²) in [5, 5.41) is 4.44. The van der Waals surface area contributed by atoms with Gasteiger partial charge in [0.2, 0.25) is 0 Å². The van der Waals surface area contributed by atoms with Gasteiger partial charge in [-0.2, -0.15) is 0 Å². The van der Waals surface area contributed by atoms with Gasteiger partial charge in [0.05, 0.1) is 0 Å². The van der Waals surface area contributed by atoms with Crippen LogP contribution in [-0.4, -0.2) is 0 Å². The first kappa shape index (κ1) is 17.5. The second kappa shape index (κ2) is 16.5. The molecule has 0 rings (SSSR count). The van der Waals surface area contributed by atoms with E-state index in [0.717, 1.165) is 0 Å². The summed E-state index contributed by atoms with van der Waals surface area (Å²) in [6, 6.07) is 0.